The maximum atomic E-state index is 12.8. The molecule has 4 rings (SSSR count). The molecule has 1 aliphatic rings. The lowest BCUT2D eigenvalue weighted by molar-refractivity contribution is -0.122. The van der Waals surface area contributed by atoms with Crippen LogP contribution in [0.25, 0.3) is 10.9 Å². The Balaban J connectivity index is 1.41. The van der Waals surface area contributed by atoms with Crippen molar-refractivity contribution >= 4 is 16.8 Å². The van der Waals surface area contributed by atoms with Crippen LogP contribution in [0.4, 0.5) is 0 Å². The molecule has 1 heterocycles. The second-order valence-electron chi connectivity index (χ2n) is 11.0. The second-order valence-corrected chi connectivity index (χ2v) is 11.0. The Kier molecular flexibility index (Phi) is 8.77. The van der Waals surface area contributed by atoms with Crippen LogP contribution in [-0.2, 0) is 11.3 Å². The van der Waals surface area contributed by atoms with Gasteiger partial charge in [0, 0.05) is 25.4 Å². The van der Waals surface area contributed by atoms with Crippen molar-refractivity contribution in [2.75, 3.05) is 6.54 Å². The molecule has 0 spiro atoms. The van der Waals surface area contributed by atoms with E-state index in [4.69, 9.17) is 0 Å². The summed E-state index contributed by atoms with van der Waals surface area (Å²) in [7, 11) is 0. The number of hydrogen-bond donors (Lipinski definition) is 3. The average molecular weight is 506 g/mol. The van der Waals surface area contributed by atoms with Gasteiger partial charge in [0.1, 0.15) is 0 Å². The van der Waals surface area contributed by atoms with Crippen LogP contribution in [0.5, 0.6) is 0 Å². The van der Waals surface area contributed by atoms with Gasteiger partial charge in [-0.2, -0.15) is 0 Å². The van der Waals surface area contributed by atoms with Crippen LogP contribution in [-0.4, -0.2) is 43.9 Å². The zero-order valence-corrected chi connectivity index (χ0v) is 21.8. The van der Waals surface area contributed by atoms with Crippen molar-refractivity contribution < 1.29 is 15.0 Å². The number of para-hydroxylation sites is 1. The van der Waals surface area contributed by atoms with E-state index in [9.17, 15) is 19.8 Å². The normalized spacial score (nSPS) is 27.0. The summed E-state index contributed by atoms with van der Waals surface area (Å²) >= 11 is 0. The van der Waals surface area contributed by atoms with E-state index in [1.165, 1.54) is 10.9 Å². The number of rotatable bonds is 6. The molecule has 0 radical (unpaired) electrons. The third-order valence-corrected chi connectivity index (χ3v) is 7.91. The fourth-order valence-electron chi connectivity index (χ4n) is 5.67. The molecule has 198 valence electrons. The third-order valence-electron chi connectivity index (χ3n) is 7.91. The summed E-state index contributed by atoms with van der Waals surface area (Å²) in [6.45, 7) is 4.61. The van der Waals surface area contributed by atoms with Gasteiger partial charge in [0.15, 0.2) is 0 Å². The Labute approximate surface area is 218 Å². The molecule has 0 unspecified atom stereocenters. The minimum absolute atomic E-state index is 0.0296. The van der Waals surface area contributed by atoms with Crippen LogP contribution in [0.15, 0.2) is 65.7 Å². The van der Waals surface area contributed by atoms with Gasteiger partial charge in [0.25, 0.3) is 5.56 Å². The Morgan fingerprint density at radius 2 is 1.84 bits per heavy atom. The summed E-state index contributed by atoms with van der Waals surface area (Å²) in [4.78, 5) is 29.8. The van der Waals surface area contributed by atoms with Crippen molar-refractivity contribution in [2.24, 2.45) is 11.8 Å². The number of amides is 1. The topological polar surface area (TPSA) is 104 Å². The molecule has 0 bridgehead atoms. The predicted molar refractivity (Wildman–Crippen MR) is 145 cm³/mol. The molecule has 0 saturated heterocycles. The molecule has 1 saturated carbocycles. The van der Waals surface area contributed by atoms with E-state index in [-0.39, 0.29) is 36.3 Å². The molecule has 0 aliphatic heterocycles. The lowest BCUT2D eigenvalue weighted by atomic mass is 9.73. The highest BCUT2D eigenvalue weighted by atomic mass is 16.3. The molecule has 1 aromatic heterocycles. The van der Waals surface area contributed by atoms with Crippen molar-refractivity contribution in [1.82, 2.24) is 14.9 Å². The van der Waals surface area contributed by atoms with Crippen LogP contribution in [0.3, 0.4) is 0 Å². The molecule has 37 heavy (non-hydrogen) atoms. The number of benzene rings is 2. The van der Waals surface area contributed by atoms with Gasteiger partial charge in [-0.25, -0.2) is 4.98 Å². The highest BCUT2D eigenvalue weighted by molar-refractivity contribution is 5.77. The SMILES string of the molecule is C[C@@H]1CC[C@@H](CNC(=O)CCn2cnc3ccccc3c2=O)[C@](C)(O)C[C@H](c2ccccc2)C[C@@H](O)C1. The summed E-state index contributed by atoms with van der Waals surface area (Å²) in [5.41, 5.74) is 0.593. The van der Waals surface area contributed by atoms with Crippen LogP contribution in [0.1, 0.15) is 63.9 Å². The van der Waals surface area contributed by atoms with Crippen molar-refractivity contribution in [3.05, 3.63) is 76.8 Å². The second kappa shape index (κ2) is 12.0. The number of fused-ring (bicyclic) bond motifs is 1. The maximum absolute atomic E-state index is 12.8. The summed E-state index contributed by atoms with van der Waals surface area (Å²) in [6.07, 6.45) is 4.74. The molecule has 7 heteroatoms. The summed E-state index contributed by atoms with van der Waals surface area (Å²) in [5, 5.41) is 25.9. The highest BCUT2D eigenvalue weighted by Gasteiger charge is 2.36. The lowest BCUT2D eigenvalue weighted by Gasteiger charge is -2.38. The minimum atomic E-state index is -1.01. The number of aryl methyl sites for hydroxylation is 1. The van der Waals surface area contributed by atoms with Gasteiger partial charge >= 0.3 is 0 Å². The third kappa shape index (κ3) is 7.05. The van der Waals surface area contributed by atoms with Gasteiger partial charge in [-0.3, -0.25) is 14.2 Å². The number of aliphatic hydroxyl groups is 2. The molecule has 3 aromatic rings. The fourth-order valence-corrected chi connectivity index (χ4v) is 5.67. The quantitative estimate of drug-likeness (QED) is 0.470. The molecule has 1 fully saturated rings. The lowest BCUT2D eigenvalue weighted by Crippen LogP contribution is -2.44. The monoisotopic (exact) mass is 505 g/mol. The smallest absolute Gasteiger partial charge is 0.261 e. The van der Waals surface area contributed by atoms with Crippen LogP contribution < -0.4 is 10.9 Å². The number of hydrogen-bond acceptors (Lipinski definition) is 5. The van der Waals surface area contributed by atoms with Gasteiger partial charge in [-0.1, -0.05) is 55.8 Å². The summed E-state index contributed by atoms with van der Waals surface area (Å²) in [6, 6.07) is 17.3. The van der Waals surface area contributed by atoms with E-state index in [0.717, 1.165) is 24.8 Å². The first-order chi connectivity index (χ1) is 17.7. The summed E-state index contributed by atoms with van der Waals surface area (Å²) in [5.74, 6) is 0.0780. The Morgan fingerprint density at radius 1 is 1.11 bits per heavy atom. The van der Waals surface area contributed by atoms with Gasteiger partial charge in [-0.15, -0.1) is 0 Å². The first-order valence-electron chi connectivity index (χ1n) is 13.4. The largest absolute Gasteiger partial charge is 0.393 e. The predicted octanol–water partition coefficient (Wildman–Crippen LogP) is 4.01. The van der Waals surface area contributed by atoms with E-state index in [2.05, 4.69) is 29.4 Å². The highest BCUT2D eigenvalue weighted by Crippen LogP contribution is 2.38. The number of carbonyl (C=O) groups is 1. The van der Waals surface area contributed by atoms with Crippen LogP contribution >= 0.6 is 0 Å². The molecular formula is C30H39N3O4. The number of nitrogens with zero attached hydrogens (tertiary/aromatic N) is 2. The van der Waals surface area contributed by atoms with Crippen molar-refractivity contribution in [3.8, 4) is 0 Å². The van der Waals surface area contributed by atoms with E-state index in [1.54, 1.807) is 18.2 Å². The van der Waals surface area contributed by atoms with Gasteiger partial charge < -0.3 is 15.5 Å². The zero-order chi connectivity index (χ0) is 26.4. The molecule has 3 N–H and O–H groups in total. The van der Waals surface area contributed by atoms with E-state index >= 15 is 0 Å². The molecular weight excluding hydrogens is 466 g/mol. The Hall–Kier alpha value is -3.03. The van der Waals surface area contributed by atoms with Gasteiger partial charge in [0.05, 0.1) is 28.9 Å². The van der Waals surface area contributed by atoms with E-state index in [0.29, 0.717) is 36.2 Å². The van der Waals surface area contributed by atoms with Gasteiger partial charge in [0.2, 0.25) is 5.91 Å². The Morgan fingerprint density at radius 3 is 2.62 bits per heavy atom. The van der Waals surface area contributed by atoms with Gasteiger partial charge in [-0.05, 0) is 62.1 Å². The number of nitrogens with one attached hydrogen (secondary N) is 1. The van der Waals surface area contributed by atoms with Crippen molar-refractivity contribution in [2.45, 2.75) is 76.5 Å². The van der Waals surface area contributed by atoms with E-state index < -0.39 is 11.7 Å². The Bertz CT molecular complexity index is 1240. The molecule has 7 nitrogen and oxygen atoms in total. The average Bonchev–Trinajstić information content (AvgIpc) is 2.87. The standard InChI is InChI=1S/C30H39N3O4/c1-21-12-13-24(30(2,37)18-23(17-25(34)16-21)22-8-4-3-5-9-22)19-31-28(35)14-15-33-20-32-27-11-7-6-10-26(27)29(33)36/h3-11,20-21,23-25,34,37H,12-19H2,1-2H3,(H,31,35)/t21-,23-,24+,25+,30-/m1/s1. The molecule has 1 amide bonds. The summed E-state index contributed by atoms with van der Waals surface area (Å²) < 4.78 is 1.47. The molecule has 5 atom stereocenters. The zero-order valence-electron chi connectivity index (χ0n) is 21.8. The van der Waals surface area contributed by atoms with Crippen molar-refractivity contribution in [1.29, 1.82) is 0 Å². The van der Waals surface area contributed by atoms with E-state index in [1.807, 2.05) is 31.2 Å². The molecule has 1 aliphatic carbocycles. The van der Waals surface area contributed by atoms with Crippen LogP contribution in [0.2, 0.25) is 0 Å². The number of carbonyl (C=O) groups excluding carboxylic acids is 1. The number of aliphatic hydroxyl groups excluding tert-OH is 1. The number of aromatic nitrogens is 2. The first-order valence-corrected chi connectivity index (χ1v) is 13.4. The fraction of sp³-hybridized carbons (Fsp3) is 0.500. The minimum Gasteiger partial charge on any atom is -0.393 e. The van der Waals surface area contributed by atoms with Crippen LogP contribution in [0, 0.1) is 11.8 Å². The first kappa shape index (κ1) is 27.0. The van der Waals surface area contributed by atoms with Crippen molar-refractivity contribution in [3.63, 3.8) is 0 Å². The molecule has 2 aromatic carbocycles. The maximum Gasteiger partial charge on any atom is 0.261 e.